The summed E-state index contributed by atoms with van der Waals surface area (Å²) in [5.74, 6) is 0.696. The van der Waals surface area contributed by atoms with Crippen LogP contribution in [0.2, 0.25) is 5.02 Å². The number of halogens is 1. The van der Waals surface area contributed by atoms with Crippen molar-refractivity contribution in [3.8, 4) is 5.75 Å². The van der Waals surface area contributed by atoms with Gasteiger partial charge in [0.1, 0.15) is 5.75 Å². The molecule has 1 fully saturated rings. The number of nitrogens with zero attached hydrogens (tertiary/aromatic N) is 2. The van der Waals surface area contributed by atoms with Crippen molar-refractivity contribution in [3.05, 3.63) is 83.1 Å². The SMILES string of the molecule is CCOc1ccccc1NC(=O)N(Cc1cccn1Cc1cccc(Cl)c1)C1CCCCC1. The van der Waals surface area contributed by atoms with Gasteiger partial charge < -0.3 is 19.5 Å². The molecular formula is C27H32ClN3O2. The van der Waals surface area contributed by atoms with Crippen molar-refractivity contribution in [3.63, 3.8) is 0 Å². The van der Waals surface area contributed by atoms with Crippen LogP contribution in [0.4, 0.5) is 10.5 Å². The quantitative estimate of drug-likeness (QED) is 0.391. The van der Waals surface area contributed by atoms with Gasteiger partial charge in [0, 0.05) is 29.5 Å². The zero-order valence-corrected chi connectivity index (χ0v) is 19.9. The largest absolute Gasteiger partial charge is 0.492 e. The van der Waals surface area contributed by atoms with E-state index < -0.39 is 0 Å². The number of rotatable bonds is 8. The molecule has 1 heterocycles. The van der Waals surface area contributed by atoms with Gasteiger partial charge in [-0.15, -0.1) is 0 Å². The first-order valence-corrected chi connectivity index (χ1v) is 12.2. The van der Waals surface area contributed by atoms with E-state index >= 15 is 0 Å². The van der Waals surface area contributed by atoms with Crippen LogP contribution in [0.25, 0.3) is 0 Å². The minimum atomic E-state index is -0.0791. The second kappa shape index (κ2) is 11.3. The Hall–Kier alpha value is -2.92. The number of urea groups is 1. The molecule has 174 valence electrons. The molecule has 0 bridgehead atoms. The lowest BCUT2D eigenvalue weighted by Crippen LogP contribution is -2.43. The zero-order valence-electron chi connectivity index (χ0n) is 19.2. The van der Waals surface area contributed by atoms with Gasteiger partial charge in [-0.2, -0.15) is 0 Å². The minimum Gasteiger partial charge on any atom is -0.492 e. The Labute approximate surface area is 201 Å². The highest BCUT2D eigenvalue weighted by Crippen LogP contribution is 2.28. The molecular weight excluding hydrogens is 434 g/mol. The first-order chi connectivity index (χ1) is 16.1. The van der Waals surface area contributed by atoms with Gasteiger partial charge in [-0.25, -0.2) is 4.79 Å². The highest BCUT2D eigenvalue weighted by Gasteiger charge is 2.27. The number of hydrogen-bond acceptors (Lipinski definition) is 2. The van der Waals surface area contributed by atoms with E-state index in [-0.39, 0.29) is 12.1 Å². The summed E-state index contributed by atoms with van der Waals surface area (Å²) < 4.78 is 7.91. The Morgan fingerprint density at radius 3 is 2.70 bits per heavy atom. The van der Waals surface area contributed by atoms with Crippen molar-refractivity contribution < 1.29 is 9.53 Å². The first-order valence-electron chi connectivity index (χ1n) is 11.8. The minimum absolute atomic E-state index is 0.0791. The van der Waals surface area contributed by atoms with Crippen LogP contribution in [0, 0.1) is 0 Å². The lowest BCUT2D eigenvalue weighted by Gasteiger charge is -2.34. The van der Waals surface area contributed by atoms with E-state index in [0.717, 1.165) is 48.5 Å². The third kappa shape index (κ3) is 6.11. The fraction of sp³-hybridized carbons (Fsp3) is 0.370. The Bertz CT molecular complexity index is 1060. The molecule has 33 heavy (non-hydrogen) atoms. The molecule has 3 aromatic rings. The molecule has 1 aliphatic carbocycles. The summed E-state index contributed by atoms with van der Waals surface area (Å²) >= 11 is 6.18. The normalized spacial score (nSPS) is 14.1. The summed E-state index contributed by atoms with van der Waals surface area (Å²) in [6, 6.07) is 19.8. The van der Waals surface area contributed by atoms with Crippen molar-refractivity contribution in [2.45, 2.75) is 58.2 Å². The molecule has 0 radical (unpaired) electrons. The van der Waals surface area contributed by atoms with Crippen LogP contribution in [-0.4, -0.2) is 28.1 Å². The Balaban J connectivity index is 1.55. The van der Waals surface area contributed by atoms with E-state index in [9.17, 15) is 4.79 Å². The predicted octanol–water partition coefficient (Wildman–Crippen LogP) is 6.96. The Morgan fingerprint density at radius 2 is 1.91 bits per heavy atom. The van der Waals surface area contributed by atoms with Crippen LogP contribution in [0.15, 0.2) is 66.9 Å². The maximum Gasteiger partial charge on any atom is 0.322 e. The summed E-state index contributed by atoms with van der Waals surface area (Å²) in [4.78, 5) is 15.5. The van der Waals surface area contributed by atoms with Crippen molar-refractivity contribution in [2.24, 2.45) is 0 Å². The van der Waals surface area contributed by atoms with Crippen molar-refractivity contribution >= 4 is 23.3 Å². The van der Waals surface area contributed by atoms with Crippen LogP contribution < -0.4 is 10.1 Å². The van der Waals surface area contributed by atoms with E-state index in [1.807, 2.05) is 60.4 Å². The maximum atomic E-state index is 13.5. The number of anilines is 1. The number of aromatic nitrogens is 1. The monoisotopic (exact) mass is 465 g/mol. The maximum absolute atomic E-state index is 13.5. The van der Waals surface area contributed by atoms with Crippen LogP contribution in [0.1, 0.15) is 50.3 Å². The molecule has 0 spiro atoms. The molecule has 1 aromatic heterocycles. The molecule has 2 amide bonds. The lowest BCUT2D eigenvalue weighted by molar-refractivity contribution is 0.160. The fourth-order valence-corrected chi connectivity index (χ4v) is 4.76. The second-order valence-corrected chi connectivity index (χ2v) is 8.97. The molecule has 6 heteroatoms. The van der Waals surface area contributed by atoms with Gasteiger partial charge in [-0.1, -0.05) is 55.1 Å². The standard InChI is InChI=1S/C27H32ClN3O2/c1-2-33-26-16-7-6-15-25(26)29-27(32)31(23-12-4-3-5-13-23)20-24-14-9-17-30(24)19-21-10-8-11-22(28)18-21/h6-11,14-18,23H,2-5,12-13,19-20H2,1H3,(H,29,32). The molecule has 0 unspecified atom stereocenters. The van der Waals surface area contributed by atoms with Gasteiger partial charge >= 0.3 is 6.03 Å². The zero-order chi connectivity index (χ0) is 23.0. The number of nitrogens with one attached hydrogen (secondary N) is 1. The lowest BCUT2D eigenvalue weighted by atomic mass is 9.94. The number of amides is 2. The molecule has 2 aromatic carbocycles. The molecule has 4 rings (SSSR count). The van der Waals surface area contributed by atoms with E-state index in [2.05, 4.69) is 28.2 Å². The summed E-state index contributed by atoms with van der Waals surface area (Å²) in [7, 11) is 0. The highest BCUT2D eigenvalue weighted by molar-refractivity contribution is 6.30. The summed E-state index contributed by atoms with van der Waals surface area (Å²) in [6.07, 6.45) is 7.70. The number of ether oxygens (including phenoxy) is 1. The smallest absolute Gasteiger partial charge is 0.322 e. The van der Waals surface area contributed by atoms with Crippen LogP contribution in [-0.2, 0) is 13.1 Å². The predicted molar refractivity (Wildman–Crippen MR) is 134 cm³/mol. The number of benzene rings is 2. The van der Waals surface area contributed by atoms with Crippen molar-refractivity contribution in [2.75, 3.05) is 11.9 Å². The molecule has 1 saturated carbocycles. The number of carbonyl (C=O) groups is 1. The van der Waals surface area contributed by atoms with E-state index in [4.69, 9.17) is 16.3 Å². The third-order valence-corrected chi connectivity index (χ3v) is 6.44. The van der Waals surface area contributed by atoms with Gasteiger partial charge in [0.05, 0.1) is 18.8 Å². The van der Waals surface area contributed by atoms with Gasteiger partial charge in [0.25, 0.3) is 0 Å². The molecule has 0 saturated heterocycles. The van der Waals surface area contributed by atoms with E-state index in [1.165, 1.54) is 6.42 Å². The van der Waals surface area contributed by atoms with Gasteiger partial charge in [-0.3, -0.25) is 0 Å². The number of hydrogen-bond donors (Lipinski definition) is 1. The van der Waals surface area contributed by atoms with E-state index in [0.29, 0.717) is 24.6 Å². The molecule has 0 aliphatic heterocycles. The van der Waals surface area contributed by atoms with Crippen LogP contribution >= 0.6 is 11.6 Å². The Kier molecular flexibility index (Phi) is 7.95. The van der Waals surface area contributed by atoms with E-state index in [1.54, 1.807) is 0 Å². The van der Waals surface area contributed by atoms with Gasteiger partial charge in [0.15, 0.2) is 0 Å². The molecule has 5 nitrogen and oxygen atoms in total. The second-order valence-electron chi connectivity index (χ2n) is 8.54. The van der Waals surface area contributed by atoms with Crippen LogP contribution in [0.3, 0.4) is 0 Å². The number of para-hydroxylation sites is 2. The highest BCUT2D eigenvalue weighted by atomic mass is 35.5. The summed E-state index contributed by atoms with van der Waals surface area (Å²) in [5.41, 5.74) is 2.95. The Morgan fingerprint density at radius 1 is 1.09 bits per heavy atom. The van der Waals surface area contributed by atoms with Crippen molar-refractivity contribution in [1.29, 1.82) is 0 Å². The average molecular weight is 466 g/mol. The molecule has 0 atom stereocenters. The molecule has 1 aliphatic rings. The third-order valence-electron chi connectivity index (χ3n) is 6.20. The summed E-state index contributed by atoms with van der Waals surface area (Å²) in [5, 5.41) is 3.85. The molecule has 1 N–H and O–H groups in total. The first kappa shape index (κ1) is 23.2. The summed E-state index contributed by atoms with van der Waals surface area (Å²) in [6.45, 7) is 3.77. The number of carbonyl (C=O) groups excluding carboxylic acids is 1. The van der Waals surface area contributed by atoms with Gasteiger partial charge in [0.2, 0.25) is 0 Å². The average Bonchev–Trinajstić information content (AvgIpc) is 3.26. The fourth-order valence-electron chi connectivity index (χ4n) is 4.55. The van der Waals surface area contributed by atoms with Crippen molar-refractivity contribution in [1.82, 2.24) is 9.47 Å². The topological polar surface area (TPSA) is 46.5 Å². The van der Waals surface area contributed by atoms with Crippen LogP contribution in [0.5, 0.6) is 5.75 Å². The van der Waals surface area contributed by atoms with Gasteiger partial charge in [-0.05, 0) is 61.7 Å².